The van der Waals surface area contributed by atoms with E-state index < -0.39 is 5.97 Å². The van der Waals surface area contributed by atoms with Crippen molar-refractivity contribution in [1.29, 1.82) is 0 Å². The second-order valence-electron chi connectivity index (χ2n) is 2.69. The molecule has 1 aliphatic rings. The van der Waals surface area contributed by atoms with E-state index in [0.717, 1.165) is 6.54 Å². The lowest BCUT2D eigenvalue weighted by Gasteiger charge is -2.24. The van der Waals surface area contributed by atoms with E-state index >= 15 is 0 Å². The molecule has 1 saturated heterocycles. The smallest absolute Gasteiger partial charge is 0.307 e. The first-order valence-electron chi connectivity index (χ1n) is 3.39. The van der Waals surface area contributed by atoms with Crippen LogP contribution in [0.3, 0.4) is 0 Å². The normalized spacial score (nSPS) is 28.1. The van der Waals surface area contributed by atoms with Gasteiger partial charge in [0.15, 0.2) is 0 Å². The van der Waals surface area contributed by atoms with E-state index in [4.69, 9.17) is 10.8 Å². The van der Waals surface area contributed by atoms with Crippen molar-refractivity contribution in [1.82, 2.24) is 5.32 Å². The minimum atomic E-state index is -0.748. The number of carboxylic acids is 1. The van der Waals surface area contributed by atoms with E-state index in [1.54, 1.807) is 0 Å². The molecule has 1 unspecified atom stereocenters. The molecule has 0 aromatic heterocycles. The third kappa shape index (κ3) is 4.11. The Hall–Kier alpha value is -0.0300. The van der Waals surface area contributed by atoms with Crippen molar-refractivity contribution in [2.24, 2.45) is 11.7 Å². The molecule has 0 bridgehead atoms. The van der Waals surface area contributed by atoms with Crippen molar-refractivity contribution in [3.63, 3.8) is 0 Å². The zero-order chi connectivity index (χ0) is 7.56. The van der Waals surface area contributed by atoms with Crippen LogP contribution in [0, 0.1) is 5.92 Å². The van der Waals surface area contributed by atoms with Crippen molar-refractivity contribution in [2.45, 2.75) is 12.5 Å². The van der Waals surface area contributed by atoms with Gasteiger partial charge < -0.3 is 16.2 Å². The molecule has 1 fully saturated rings. The first kappa shape index (κ1) is 14.5. The second-order valence-corrected chi connectivity index (χ2v) is 2.69. The van der Waals surface area contributed by atoms with Gasteiger partial charge in [-0.3, -0.25) is 4.79 Å². The highest BCUT2D eigenvalue weighted by Crippen LogP contribution is 2.08. The molecular weight excluding hydrogens is 203 g/mol. The van der Waals surface area contributed by atoms with Crippen LogP contribution in [0.15, 0.2) is 0 Å². The molecule has 2 atom stereocenters. The van der Waals surface area contributed by atoms with Gasteiger partial charge in [-0.15, -0.1) is 24.8 Å². The summed E-state index contributed by atoms with van der Waals surface area (Å²) in [5.41, 5.74) is 5.54. The number of carbonyl (C=O) groups is 1. The zero-order valence-electron chi connectivity index (χ0n) is 6.53. The lowest BCUT2D eigenvalue weighted by molar-refractivity contribution is -0.142. The third-order valence-corrected chi connectivity index (χ3v) is 1.73. The molecule has 74 valence electrons. The molecule has 1 aliphatic heterocycles. The molecule has 4 N–H and O–H groups in total. The average Bonchev–Trinajstić information content (AvgIpc) is 1.88. The van der Waals surface area contributed by atoms with Crippen molar-refractivity contribution >= 4 is 30.8 Å². The van der Waals surface area contributed by atoms with Crippen molar-refractivity contribution in [3.05, 3.63) is 0 Å². The van der Waals surface area contributed by atoms with Crippen molar-refractivity contribution in [3.8, 4) is 0 Å². The molecule has 0 amide bonds. The maximum atomic E-state index is 10.4. The summed E-state index contributed by atoms with van der Waals surface area (Å²) in [6.07, 6.45) is 0.600. The minimum absolute atomic E-state index is 0. The number of nitrogens with two attached hydrogens (primary N) is 1. The molecule has 0 aromatic carbocycles. The molecule has 1 rings (SSSR count). The Bertz CT molecular complexity index is 146. The minimum Gasteiger partial charge on any atom is -0.481 e. The Labute approximate surface area is 83.7 Å². The van der Waals surface area contributed by atoms with E-state index in [-0.39, 0.29) is 36.8 Å². The molecule has 4 nitrogen and oxygen atoms in total. The van der Waals surface area contributed by atoms with Gasteiger partial charge in [-0.2, -0.15) is 0 Å². The van der Waals surface area contributed by atoms with Gasteiger partial charge in [-0.1, -0.05) is 0 Å². The van der Waals surface area contributed by atoms with Gasteiger partial charge in [-0.05, 0) is 6.42 Å². The highest BCUT2D eigenvalue weighted by Gasteiger charge is 2.23. The average molecular weight is 217 g/mol. The SMILES string of the molecule is Cl.Cl.N[C@@H]1CNCC(C(=O)O)C1. The number of carboxylic acid groups (broad SMARTS) is 1. The van der Waals surface area contributed by atoms with Gasteiger partial charge in [0.2, 0.25) is 0 Å². The lowest BCUT2D eigenvalue weighted by Crippen LogP contribution is -2.46. The van der Waals surface area contributed by atoms with E-state index in [1.807, 2.05) is 0 Å². The highest BCUT2D eigenvalue weighted by molar-refractivity contribution is 5.85. The highest BCUT2D eigenvalue weighted by atomic mass is 35.5. The quantitative estimate of drug-likeness (QED) is 0.571. The number of nitrogens with one attached hydrogen (secondary N) is 1. The largest absolute Gasteiger partial charge is 0.481 e. The number of hydrogen-bond donors (Lipinski definition) is 3. The number of hydrogen-bond acceptors (Lipinski definition) is 3. The predicted octanol–water partition coefficient (Wildman–Crippen LogP) is -0.149. The molecule has 1 heterocycles. The predicted molar refractivity (Wildman–Crippen MR) is 51.1 cm³/mol. The number of aliphatic carboxylic acids is 1. The summed E-state index contributed by atoms with van der Waals surface area (Å²) in [5.74, 6) is -1.04. The summed E-state index contributed by atoms with van der Waals surface area (Å²) in [6, 6.07) is 0.00912. The lowest BCUT2D eigenvalue weighted by atomic mass is 9.97. The Morgan fingerprint density at radius 1 is 1.42 bits per heavy atom. The van der Waals surface area contributed by atoms with E-state index in [2.05, 4.69) is 5.32 Å². The Morgan fingerprint density at radius 2 is 2.00 bits per heavy atom. The number of halogens is 2. The molecule has 12 heavy (non-hydrogen) atoms. The zero-order valence-corrected chi connectivity index (χ0v) is 8.16. The molecule has 0 saturated carbocycles. The van der Waals surface area contributed by atoms with Crippen LogP contribution < -0.4 is 11.1 Å². The molecular formula is C6H14Cl2N2O2. The third-order valence-electron chi connectivity index (χ3n) is 1.73. The van der Waals surface area contributed by atoms with Crippen LogP contribution >= 0.6 is 24.8 Å². The molecule has 0 spiro atoms. The summed E-state index contributed by atoms with van der Waals surface area (Å²) in [7, 11) is 0. The summed E-state index contributed by atoms with van der Waals surface area (Å²) in [6.45, 7) is 1.30. The molecule has 0 aromatic rings. The summed E-state index contributed by atoms with van der Waals surface area (Å²) in [4.78, 5) is 10.4. The van der Waals surface area contributed by atoms with Gasteiger partial charge in [0, 0.05) is 19.1 Å². The van der Waals surface area contributed by atoms with E-state index in [9.17, 15) is 4.79 Å². The van der Waals surface area contributed by atoms with Crippen LogP contribution in [0.2, 0.25) is 0 Å². The van der Waals surface area contributed by atoms with Gasteiger partial charge in [0.05, 0.1) is 5.92 Å². The first-order valence-corrected chi connectivity index (χ1v) is 3.39. The van der Waals surface area contributed by atoms with Crippen LogP contribution in [0.1, 0.15) is 6.42 Å². The summed E-state index contributed by atoms with van der Waals surface area (Å²) in [5, 5.41) is 11.5. The number of piperidine rings is 1. The van der Waals surface area contributed by atoms with Gasteiger partial charge in [0.1, 0.15) is 0 Å². The topological polar surface area (TPSA) is 75.3 Å². The molecule has 0 aliphatic carbocycles. The van der Waals surface area contributed by atoms with Crippen LogP contribution in [0.4, 0.5) is 0 Å². The Balaban J connectivity index is 0. The molecule has 0 radical (unpaired) electrons. The summed E-state index contributed by atoms with van der Waals surface area (Å²) < 4.78 is 0. The fourth-order valence-electron chi connectivity index (χ4n) is 1.16. The fraction of sp³-hybridized carbons (Fsp3) is 0.833. The number of rotatable bonds is 1. The summed E-state index contributed by atoms with van der Waals surface area (Å²) >= 11 is 0. The first-order chi connectivity index (χ1) is 4.70. The maximum absolute atomic E-state index is 10.4. The standard InChI is InChI=1S/C6H12N2O2.2ClH/c7-5-1-4(6(9)10)2-8-3-5;;/h4-5,8H,1-3,7H2,(H,9,10);2*1H/t4?,5-;;/m0../s1. The Morgan fingerprint density at radius 3 is 2.33 bits per heavy atom. The molecule has 6 heteroatoms. The van der Waals surface area contributed by atoms with Crippen LogP contribution in [0.25, 0.3) is 0 Å². The van der Waals surface area contributed by atoms with Gasteiger partial charge in [-0.25, -0.2) is 0 Å². The Kier molecular flexibility index (Phi) is 7.83. The maximum Gasteiger partial charge on any atom is 0.307 e. The van der Waals surface area contributed by atoms with Crippen molar-refractivity contribution < 1.29 is 9.90 Å². The van der Waals surface area contributed by atoms with Crippen LogP contribution in [0.5, 0.6) is 0 Å². The van der Waals surface area contributed by atoms with Crippen molar-refractivity contribution in [2.75, 3.05) is 13.1 Å². The fourth-order valence-corrected chi connectivity index (χ4v) is 1.16. The van der Waals surface area contributed by atoms with E-state index in [0.29, 0.717) is 13.0 Å². The van der Waals surface area contributed by atoms with Crippen LogP contribution in [-0.2, 0) is 4.79 Å². The van der Waals surface area contributed by atoms with E-state index in [1.165, 1.54) is 0 Å². The van der Waals surface area contributed by atoms with Gasteiger partial charge in [0.25, 0.3) is 0 Å². The van der Waals surface area contributed by atoms with Crippen LogP contribution in [-0.4, -0.2) is 30.2 Å². The second kappa shape index (κ2) is 6.48. The monoisotopic (exact) mass is 216 g/mol. The van der Waals surface area contributed by atoms with Gasteiger partial charge >= 0.3 is 5.97 Å².